The van der Waals surface area contributed by atoms with E-state index in [1.165, 1.54) is 17.2 Å². The van der Waals surface area contributed by atoms with Gasteiger partial charge in [0.05, 0.1) is 18.8 Å². The summed E-state index contributed by atoms with van der Waals surface area (Å²) in [6, 6.07) is 11.8. The van der Waals surface area contributed by atoms with Crippen molar-refractivity contribution in [2.75, 3.05) is 19.7 Å². The molecule has 2 unspecified atom stereocenters. The maximum Gasteiger partial charge on any atom is 0.186 e. The molecule has 6 rings (SSSR count). The minimum absolute atomic E-state index is 0.0937. The van der Waals surface area contributed by atoms with Crippen LogP contribution in [0.2, 0.25) is 0 Å². The van der Waals surface area contributed by atoms with Crippen LogP contribution in [0.15, 0.2) is 36.4 Å². The van der Waals surface area contributed by atoms with Gasteiger partial charge in [0.25, 0.3) is 0 Å². The summed E-state index contributed by atoms with van der Waals surface area (Å²) >= 11 is 0. The molecule has 0 radical (unpaired) electrons. The molecule has 4 atom stereocenters. The van der Waals surface area contributed by atoms with E-state index in [4.69, 9.17) is 9.47 Å². The Morgan fingerprint density at radius 1 is 1.00 bits per heavy atom. The highest BCUT2D eigenvalue weighted by atomic mass is 19.1. The Hall–Kier alpha value is -1.99. The molecule has 2 aromatic carbocycles. The minimum atomic E-state index is -0.890. The Morgan fingerprint density at radius 3 is 2.47 bits per heavy atom. The van der Waals surface area contributed by atoms with E-state index in [2.05, 4.69) is 23.1 Å². The first-order valence-electron chi connectivity index (χ1n) is 11.9. The highest BCUT2D eigenvalue weighted by molar-refractivity contribution is 5.44. The predicted molar refractivity (Wildman–Crippen MR) is 117 cm³/mol. The summed E-state index contributed by atoms with van der Waals surface area (Å²) in [5.74, 6) is 1.12. The number of aliphatic hydroxyl groups excluding tert-OH is 2. The van der Waals surface area contributed by atoms with Gasteiger partial charge in [-0.2, -0.15) is 0 Å². The van der Waals surface area contributed by atoms with Gasteiger partial charge >= 0.3 is 0 Å². The van der Waals surface area contributed by atoms with Crippen molar-refractivity contribution in [1.82, 2.24) is 4.90 Å². The fourth-order valence-electron chi connectivity index (χ4n) is 5.58. The molecular weight excluding hydrogens is 409 g/mol. The van der Waals surface area contributed by atoms with E-state index < -0.39 is 12.4 Å². The molecule has 4 aliphatic rings. The molecule has 0 amide bonds. The van der Waals surface area contributed by atoms with Crippen molar-refractivity contribution in [1.29, 1.82) is 0 Å². The number of aliphatic hydroxyl groups is 2. The van der Waals surface area contributed by atoms with E-state index in [0.717, 1.165) is 50.8 Å². The monoisotopic (exact) mass is 439 g/mol. The zero-order chi connectivity index (χ0) is 21.8. The Morgan fingerprint density at radius 2 is 1.75 bits per heavy atom. The van der Waals surface area contributed by atoms with Gasteiger partial charge in [-0.15, -0.1) is 0 Å². The molecule has 170 valence electrons. The van der Waals surface area contributed by atoms with Crippen LogP contribution >= 0.6 is 0 Å². The number of benzene rings is 2. The molecule has 2 N–H and O–H groups in total. The first-order chi connectivity index (χ1) is 15.6. The van der Waals surface area contributed by atoms with Gasteiger partial charge in [0.1, 0.15) is 17.7 Å². The number of likely N-dealkylation sites (tertiary alicyclic amines) is 1. The standard InChI is InChI=1S/C26H30FNO4/c27-21-13-23(19(16-5-6-16)12-20(21)25-26(30)32-25)31-14-15-7-9-28(10-8-15)24-18-4-2-1-3-17(18)11-22(24)29/h1-4,12-13,15-16,22,24-26,29-30H,5-11,14H2/t22-,24+,25?,26?/m0/s1. The first-order valence-corrected chi connectivity index (χ1v) is 11.9. The molecule has 2 aliphatic carbocycles. The SMILES string of the molecule is OC1OC1c1cc(C2CC2)c(OCC2CCN([C@@H]3c4ccccc4C[C@@H]3O)CC2)cc1F. The lowest BCUT2D eigenvalue weighted by atomic mass is 9.94. The van der Waals surface area contributed by atoms with Gasteiger partial charge in [0.15, 0.2) is 6.29 Å². The number of piperidine rings is 1. The van der Waals surface area contributed by atoms with Crippen LogP contribution in [0, 0.1) is 11.7 Å². The summed E-state index contributed by atoms with van der Waals surface area (Å²) in [6.07, 6.45) is 3.17. The van der Waals surface area contributed by atoms with Gasteiger partial charge in [-0.25, -0.2) is 4.39 Å². The van der Waals surface area contributed by atoms with Crippen LogP contribution in [0.3, 0.4) is 0 Å². The molecule has 2 heterocycles. The van der Waals surface area contributed by atoms with E-state index in [0.29, 0.717) is 29.8 Å². The van der Waals surface area contributed by atoms with Crippen molar-refractivity contribution < 1.29 is 24.1 Å². The van der Waals surface area contributed by atoms with E-state index in [1.807, 2.05) is 12.1 Å². The summed E-state index contributed by atoms with van der Waals surface area (Å²) in [5.41, 5.74) is 4.02. The van der Waals surface area contributed by atoms with Crippen molar-refractivity contribution in [3.05, 3.63) is 64.5 Å². The van der Waals surface area contributed by atoms with Gasteiger partial charge in [-0.3, -0.25) is 4.90 Å². The topological polar surface area (TPSA) is 65.5 Å². The van der Waals surface area contributed by atoms with Gasteiger partial charge in [-0.05, 0) is 73.4 Å². The number of epoxide rings is 1. The largest absolute Gasteiger partial charge is 0.493 e. The molecule has 0 bridgehead atoms. The molecule has 0 spiro atoms. The van der Waals surface area contributed by atoms with Crippen molar-refractivity contribution in [3.8, 4) is 5.75 Å². The average molecular weight is 440 g/mol. The van der Waals surface area contributed by atoms with Crippen LogP contribution in [0.4, 0.5) is 4.39 Å². The van der Waals surface area contributed by atoms with Gasteiger partial charge < -0.3 is 19.7 Å². The molecule has 5 nitrogen and oxygen atoms in total. The quantitative estimate of drug-likeness (QED) is 0.670. The number of rotatable bonds is 6. The Kier molecular flexibility index (Phi) is 5.22. The zero-order valence-electron chi connectivity index (χ0n) is 18.1. The molecule has 2 aliphatic heterocycles. The second-order valence-electron chi connectivity index (χ2n) is 9.84. The number of hydrogen-bond acceptors (Lipinski definition) is 5. The van der Waals surface area contributed by atoms with Crippen molar-refractivity contribution in [2.24, 2.45) is 5.92 Å². The maximum atomic E-state index is 14.6. The molecule has 32 heavy (non-hydrogen) atoms. The third-order valence-corrected chi connectivity index (χ3v) is 7.61. The number of halogens is 1. The second-order valence-corrected chi connectivity index (χ2v) is 9.84. The van der Waals surface area contributed by atoms with Gasteiger partial charge in [0, 0.05) is 18.1 Å². The van der Waals surface area contributed by atoms with Crippen molar-refractivity contribution >= 4 is 0 Å². The fraction of sp³-hybridized carbons (Fsp3) is 0.538. The van der Waals surface area contributed by atoms with Crippen LogP contribution in [0.1, 0.15) is 66.0 Å². The molecule has 2 aromatic rings. The summed E-state index contributed by atoms with van der Waals surface area (Å²) in [6.45, 7) is 2.45. The smallest absolute Gasteiger partial charge is 0.186 e. The highest BCUT2D eigenvalue weighted by Gasteiger charge is 2.42. The highest BCUT2D eigenvalue weighted by Crippen LogP contribution is 2.48. The third-order valence-electron chi connectivity index (χ3n) is 7.61. The van der Waals surface area contributed by atoms with Crippen molar-refractivity contribution in [2.45, 2.75) is 62.6 Å². The van der Waals surface area contributed by atoms with Gasteiger partial charge in [-0.1, -0.05) is 24.3 Å². The molecule has 3 fully saturated rings. The molecule has 6 heteroatoms. The van der Waals surface area contributed by atoms with E-state index >= 15 is 0 Å². The molecular formula is C26H30FNO4. The summed E-state index contributed by atoms with van der Waals surface area (Å²) in [5, 5.41) is 20.2. The predicted octanol–water partition coefficient (Wildman–Crippen LogP) is 3.84. The number of fused-ring (bicyclic) bond motifs is 1. The van der Waals surface area contributed by atoms with E-state index in [9.17, 15) is 14.6 Å². The van der Waals surface area contributed by atoms with Crippen LogP contribution in [-0.4, -0.2) is 47.2 Å². The number of hydrogen-bond donors (Lipinski definition) is 2. The van der Waals surface area contributed by atoms with Crippen LogP contribution in [0.25, 0.3) is 0 Å². The Balaban J connectivity index is 1.09. The van der Waals surface area contributed by atoms with E-state index in [1.54, 1.807) is 0 Å². The number of ether oxygens (including phenoxy) is 2. The molecule has 1 saturated carbocycles. The maximum absolute atomic E-state index is 14.6. The summed E-state index contributed by atoms with van der Waals surface area (Å²) in [4.78, 5) is 2.41. The normalized spacial score (nSPS) is 30.3. The first kappa shape index (κ1) is 20.6. The third kappa shape index (κ3) is 3.83. The lowest BCUT2D eigenvalue weighted by molar-refractivity contribution is 0.0332. The Bertz CT molecular complexity index is 1000. The zero-order valence-corrected chi connectivity index (χ0v) is 18.1. The summed E-state index contributed by atoms with van der Waals surface area (Å²) in [7, 11) is 0. The summed E-state index contributed by atoms with van der Waals surface area (Å²) < 4.78 is 25.9. The molecule has 2 saturated heterocycles. The number of nitrogens with zero attached hydrogens (tertiary/aromatic N) is 1. The lowest BCUT2D eigenvalue weighted by Gasteiger charge is -2.37. The fourth-order valence-corrected chi connectivity index (χ4v) is 5.58. The van der Waals surface area contributed by atoms with Crippen LogP contribution < -0.4 is 4.74 Å². The Labute approximate surface area is 187 Å². The average Bonchev–Trinajstić information content (AvgIpc) is 3.72. The van der Waals surface area contributed by atoms with Crippen LogP contribution in [0.5, 0.6) is 5.75 Å². The minimum Gasteiger partial charge on any atom is -0.493 e. The van der Waals surface area contributed by atoms with E-state index in [-0.39, 0.29) is 18.0 Å². The second kappa shape index (κ2) is 8.10. The van der Waals surface area contributed by atoms with Crippen molar-refractivity contribution in [3.63, 3.8) is 0 Å². The van der Waals surface area contributed by atoms with Crippen LogP contribution in [-0.2, 0) is 11.2 Å². The molecule has 0 aromatic heterocycles. The lowest BCUT2D eigenvalue weighted by Crippen LogP contribution is -2.41. The van der Waals surface area contributed by atoms with Gasteiger partial charge in [0.2, 0.25) is 0 Å².